The molecule has 5 heteroatoms. The molecule has 1 heterocycles. The molecule has 0 amide bonds. The Labute approximate surface area is 109 Å². The first-order valence-electron chi connectivity index (χ1n) is 6.61. The molecule has 0 aliphatic heterocycles. The Balaban J connectivity index is 2.84. The molecule has 1 unspecified atom stereocenters. The molecule has 0 aliphatic carbocycles. The molecule has 0 bridgehead atoms. The van der Waals surface area contributed by atoms with Gasteiger partial charge in [-0.25, -0.2) is 9.97 Å². The van der Waals surface area contributed by atoms with E-state index in [1.54, 1.807) is 6.92 Å². The molecule has 3 N–H and O–H groups in total. The monoisotopic (exact) mass is 252 g/mol. The minimum absolute atomic E-state index is 0.293. The molecule has 18 heavy (non-hydrogen) atoms. The Morgan fingerprint density at radius 3 is 2.28 bits per heavy atom. The number of aromatic nitrogens is 2. The number of aryl methyl sites for hydroxylation is 1. The summed E-state index contributed by atoms with van der Waals surface area (Å²) in [5, 5.41) is 15.8. The summed E-state index contributed by atoms with van der Waals surface area (Å²) in [5.41, 5.74) is 1.03. The smallest absolute Gasteiger partial charge is 0.134 e. The van der Waals surface area contributed by atoms with Crippen LogP contribution in [0.4, 0.5) is 11.6 Å². The second-order valence-corrected chi connectivity index (χ2v) is 4.41. The summed E-state index contributed by atoms with van der Waals surface area (Å²) in [6.45, 7) is 9.43. The van der Waals surface area contributed by atoms with E-state index in [1.807, 2.05) is 20.8 Å². The molecule has 102 valence electrons. The summed E-state index contributed by atoms with van der Waals surface area (Å²) in [6.07, 6.45) is 1.23. The zero-order valence-corrected chi connectivity index (χ0v) is 11.7. The van der Waals surface area contributed by atoms with Crippen LogP contribution in [-0.2, 0) is 6.42 Å². The van der Waals surface area contributed by atoms with Crippen LogP contribution in [0.15, 0.2) is 0 Å². The van der Waals surface area contributed by atoms with Gasteiger partial charge in [-0.1, -0.05) is 6.92 Å². The number of aliphatic hydroxyl groups excluding tert-OH is 1. The van der Waals surface area contributed by atoms with Crippen LogP contribution in [0.2, 0.25) is 0 Å². The maximum absolute atomic E-state index is 9.25. The van der Waals surface area contributed by atoms with Crippen molar-refractivity contribution in [3.05, 3.63) is 11.4 Å². The zero-order chi connectivity index (χ0) is 13.5. The fraction of sp³-hybridized carbons (Fsp3) is 0.692. The third kappa shape index (κ3) is 4.14. The van der Waals surface area contributed by atoms with Crippen LogP contribution in [0.5, 0.6) is 0 Å². The van der Waals surface area contributed by atoms with E-state index in [2.05, 4.69) is 20.6 Å². The van der Waals surface area contributed by atoms with Gasteiger partial charge in [-0.3, -0.25) is 0 Å². The van der Waals surface area contributed by atoms with Crippen molar-refractivity contribution < 1.29 is 5.11 Å². The van der Waals surface area contributed by atoms with E-state index in [-0.39, 0.29) is 6.10 Å². The predicted molar refractivity (Wildman–Crippen MR) is 75.1 cm³/mol. The van der Waals surface area contributed by atoms with Gasteiger partial charge in [-0.05, 0) is 27.2 Å². The van der Waals surface area contributed by atoms with Gasteiger partial charge >= 0.3 is 0 Å². The Morgan fingerprint density at radius 2 is 1.78 bits per heavy atom. The molecule has 0 fully saturated rings. The molecule has 1 atom stereocenters. The molecular formula is C13H24N4O. The van der Waals surface area contributed by atoms with Gasteiger partial charge in [0.15, 0.2) is 0 Å². The molecule has 0 spiro atoms. The number of nitrogens with one attached hydrogen (secondary N) is 2. The zero-order valence-electron chi connectivity index (χ0n) is 11.7. The maximum atomic E-state index is 9.25. The first-order chi connectivity index (χ1) is 8.58. The van der Waals surface area contributed by atoms with Crippen molar-refractivity contribution in [1.29, 1.82) is 0 Å². The van der Waals surface area contributed by atoms with Crippen molar-refractivity contribution in [3.63, 3.8) is 0 Å². The average Bonchev–Trinajstić information content (AvgIpc) is 2.33. The number of hydrogen-bond donors (Lipinski definition) is 3. The van der Waals surface area contributed by atoms with Crippen molar-refractivity contribution in [2.24, 2.45) is 0 Å². The maximum Gasteiger partial charge on any atom is 0.134 e. The van der Waals surface area contributed by atoms with Gasteiger partial charge in [-0.2, -0.15) is 0 Å². The molecule has 0 radical (unpaired) electrons. The number of aliphatic hydroxyl groups is 1. The standard InChI is InChI=1S/C13H24N4O/c1-5-11-16-12(14-6-2)10(4)13(17-11)15-8-7-9(3)18/h9,18H,5-8H2,1-4H3,(H2,14,15,16,17). The second-order valence-electron chi connectivity index (χ2n) is 4.41. The van der Waals surface area contributed by atoms with Gasteiger partial charge < -0.3 is 15.7 Å². The highest BCUT2D eigenvalue weighted by Crippen LogP contribution is 2.20. The van der Waals surface area contributed by atoms with Gasteiger partial charge in [0.1, 0.15) is 17.5 Å². The van der Waals surface area contributed by atoms with Crippen LogP contribution < -0.4 is 10.6 Å². The highest BCUT2D eigenvalue weighted by molar-refractivity contribution is 5.57. The Hall–Kier alpha value is -1.36. The quantitative estimate of drug-likeness (QED) is 0.692. The summed E-state index contributed by atoms with van der Waals surface area (Å²) < 4.78 is 0. The number of anilines is 2. The van der Waals surface area contributed by atoms with Gasteiger partial charge in [-0.15, -0.1) is 0 Å². The molecular weight excluding hydrogens is 228 g/mol. The molecule has 0 saturated carbocycles. The van der Waals surface area contributed by atoms with Gasteiger partial charge in [0.05, 0.1) is 6.10 Å². The van der Waals surface area contributed by atoms with E-state index in [4.69, 9.17) is 0 Å². The Bertz CT molecular complexity index is 379. The number of rotatable bonds is 7. The lowest BCUT2D eigenvalue weighted by Gasteiger charge is -2.14. The van der Waals surface area contributed by atoms with Crippen LogP contribution in [0.25, 0.3) is 0 Å². The van der Waals surface area contributed by atoms with Crippen molar-refractivity contribution in [3.8, 4) is 0 Å². The predicted octanol–water partition coefficient (Wildman–Crippen LogP) is 1.96. The number of nitrogens with zero attached hydrogens (tertiary/aromatic N) is 2. The van der Waals surface area contributed by atoms with Crippen LogP contribution in [0.3, 0.4) is 0 Å². The molecule has 1 aromatic rings. The van der Waals surface area contributed by atoms with E-state index >= 15 is 0 Å². The first kappa shape index (κ1) is 14.7. The second kappa shape index (κ2) is 7.16. The highest BCUT2D eigenvalue weighted by atomic mass is 16.3. The lowest BCUT2D eigenvalue weighted by molar-refractivity contribution is 0.188. The van der Waals surface area contributed by atoms with E-state index in [0.29, 0.717) is 13.0 Å². The van der Waals surface area contributed by atoms with E-state index in [9.17, 15) is 5.11 Å². The van der Waals surface area contributed by atoms with Gasteiger partial charge in [0, 0.05) is 25.1 Å². The fourth-order valence-electron chi connectivity index (χ4n) is 1.63. The molecule has 5 nitrogen and oxygen atoms in total. The van der Waals surface area contributed by atoms with E-state index in [1.165, 1.54) is 0 Å². The van der Waals surface area contributed by atoms with Crippen molar-refractivity contribution in [2.75, 3.05) is 23.7 Å². The minimum Gasteiger partial charge on any atom is -0.393 e. The normalized spacial score (nSPS) is 12.3. The molecule has 1 aromatic heterocycles. The summed E-state index contributed by atoms with van der Waals surface area (Å²) >= 11 is 0. The lowest BCUT2D eigenvalue weighted by Crippen LogP contribution is -2.14. The van der Waals surface area contributed by atoms with Crippen LogP contribution in [0, 0.1) is 6.92 Å². The van der Waals surface area contributed by atoms with Crippen LogP contribution in [0.1, 0.15) is 38.6 Å². The SMILES string of the molecule is CCNc1nc(CC)nc(NCCC(C)O)c1C. The lowest BCUT2D eigenvalue weighted by atomic mass is 10.2. The average molecular weight is 252 g/mol. The fourth-order valence-corrected chi connectivity index (χ4v) is 1.63. The van der Waals surface area contributed by atoms with Gasteiger partial charge in [0.25, 0.3) is 0 Å². The molecule has 0 aliphatic rings. The third-order valence-corrected chi connectivity index (χ3v) is 2.71. The Morgan fingerprint density at radius 1 is 1.17 bits per heavy atom. The third-order valence-electron chi connectivity index (χ3n) is 2.71. The topological polar surface area (TPSA) is 70.1 Å². The molecule has 0 saturated heterocycles. The summed E-state index contributed by atoms with van der Waals surface area (Å²) in [7, 11) is 0. The molecule has 1 rings (SSSR count). The van der Waals surface area contributed by atoms with E-state index in [0.717, 1.165) is 36.0 Å². The Kier molecular flexibility index (Phi) is 5.85. The van der Waals surface area contributed by atoms with Crippen molar-refractivity contribution >= 4 is 11.6 Å². The summed E-state index contributed by atoms with van der Waals surface area (Å²) in [6, 6.07) is 0. The first-order valence-corrected chi connectivity index (χ1v) is 6.61. The van der Waals surface area contributed by atoms with Gasteiger partial charge in [0.2, 0.25) is 0 Å². The molecule has 0 aromatic carbocycles. The minimum atomic E-state index is -0.293. The van der Waals surface area contributed by atoms with E-state index < -0.39 is 0 Å². The van der Waals surface area contributed by atoms with Crippen molar-refractivity contribution in [1.82, 2.24) is 9.97 Å². The number of hydrogen-bond acceptors (Lipinski definition) is 5. The van der Waals surface area contributed by atoms with Crippen LogP contribution >= 0.6 is 0 Å². The van der Waals surface area contributed by atoms with Crippen molar-refractivity contribution in [2.45, 2.75) is 46.6 Å². The summed E-state index contributed by atoms with van der Waals surface area (Å²) in [5.74, 6) is 2.58. The largest absolute Gasteiger partial charge is 0.393 e. The van der Waals surface area contributed by atoms with Crippen LogP contribution in [-0.4, -0.2) is 34.3 Å². The summed E-state index contributed by atoms with van der Waals surface area (Å²) in [4.78, 5) is 8.96. The highest BCUT2D eigenvalue weighted by Gasteiger charge is 2.09.